The number of thiazole rings is 1. The SMILES string of the molecule is Cc1nc(-c2ccccc2)sc1C(=O)N1CCN(C(=O)[C@@H]2COc3ccccc3O2)CC1. The summed E-state index contributed by atoms with van der Waals surface area (Å²) in [6, 6.07) is 17.2. The molecule has 7 nitrogen and oxygen atoms in total. The number of aryl methyl sites for hydroxylation is 1. The van der Waals surface area contributed by atoms with E-state index in [0.717, 1.165) is 16.3 Å². The zero-order valence-electron chi connectivity index (χ0n) is 17.7. The van der Waals surface area contributed by atoms with Crippen LogP contribution in [0.3, 0.4) is 0 Å². The average Bonchev–Trinajstić information content (AvgIpc) is 3.25. The third-order valence-corrected chi connectivity index (χ3v) is 6.87. The maximum atomic E-state index is 13.1. The number of aromatic nitrogens is 1. The summed E-state index contributed by atoms with van der Waals surface area (Å²) in [6.07, 6.45) is -0.663. The van der Waals surface area contributed by atoms with Crippen molar-refractivity contribution in [3.63, 3.8) is 0 Å². The molecule has 1 atom stereocenters. The summed E-state index contributed by atoms with van der Waals surface area (Å²) in [6.45, 7) is 3.95. The summed E-state index contributed by atoms with van der Waals surface area (Å²) >= 11 is 1.42. The van der Waals surface area contributed by atoms with Gasteiger partial charge in [0.05, 0.1) is 5.69 Å². The molecule has 0 spiro atoms. The molecule has 164 valence electrons. The third-order valence-electron chi connectivity index (χ3n) is 5.67. The predicted molar refractivity (Wildman–Crippen MR) is 121 cm³/mol. The second-order valence-electron chi connectivity index (χ2n) is 7.78. The number of hydrogen-bond donors (Lipinski definition) is 0. The Bertz CT molecular complexity index is 1140. The van der Waals surface area contributed by atoms with Gasteiger partial charge in [-0.2, -0.15) is 0 Å². The van der Waals surface area contributed by atoms with Crippen LogP contribution in [0.4, 0.5) is 0 Å². The van der Waals surface area contributed by atoms with E-state index in [9.17, 15) is 9.59 Å². The Morgan fingerprint density at radius 1 is 0.938 bits per heavy atom. The summed E-state index contributed by atoms with van der Waals surface area (Å²) < 4.78 is 11.5. The Hall–Kier alpha value is -3.39. The fourth-order valence-corrected chi connectivity index (χ4v) is 4.96. The monoisotopic (exact) mass is 449 g/mol. The van der Waals surface area contributed by atoms with Crippen LogP contribution in [0.1, 0.15) is 15.4 Å². The molecular weight excluding hydrogens is 426 g/mol. The van der Waals surface area contributed by atoms with Crippen LogP contribution in [0.25, 0.3) is 10.6 Å². The summed E-state index contributed by atoms with van der Waals surface area (Å²) in [7, 11) is 0. The molecular formula is C24H23N3O4S. The number of para-hydroxylation sites is 2. The van der Waals surface area contributed by atoms with Crippen LogP contribution >= 0.6 is 11.3 Å². The van der Waals surface area contributed by atoms with E-state index in [-0.39, 0.29) is 18.4 Å². The van der Waals surface area contributed by atoms with Crippen molar-refractivity contribution < 1.29 is 19.1 Å². The molecule has 0 radical (unpaired) electrons. The van der Waals surface area contributed by atoms with Gasteiger partial charge < -0.3 is 19.3 Å². The van der Waals surface area contributed by atoms with Gasteiger partial charge in [-0.15, -0.1) is 11.3 Å². The van der Waals surface area contributed by atoms with Crippen LogP contribution in [-0.4, -0.2) is 65.5 Å². The molecule has 2 aliphatic rings. The molecule has 32 heavy (non-hydrogen) atoms. The molecule has 5 rings (SSSR count). The molecule has 1 saturated heterocycles. The Morgan fingerprint density at radius 3 is 2.34 bits per heavy atom. The van der Waals surface area contributed by atoms with Gasteiger partial charge in [-0.1, -0.05) is 42.5 Å². The topological polar surface area (TPSA) is 72.0 Å². The highest BCUT2D eigenvalue weighted by atomic mass is 32.1. The molecule has 2 amide bonds. The molecule has 0 unspecified atom stereocenters. The van der Waals surface area contributed by atoms with Crippen molar-refractivity contribution in [3.8, 4) is 22.1 Å². The molecule has 0 aliphatic carbocycles. The largest absolute Gasteiger partial charge is 0.485 e. The minimum atomic E-state index is -0.663. The molecule has 3 heterocycles. The van der Waals surface area contributed by atoms with E-state index >= 15 is 0 Å². The van der Waals surface area contributed by atoms with Crippen LogP contribution in [0.15, 0.2) is 54.6 Å². The number of amides is 2. The molecule has 1 aromatic heterocycles. The number of rotatable bonds is 3. The Kier molecular flexibility index (Phi) is 5.53. The quantitative estimate of drug-likeness (QED) is 0.614. The number of carbonyl (C=O) groups is 2. The number of nitrogens with zero attached hydrogens (tertiary/aromatic N) is 3. The molecule has 0 bridgehead atoms. The molecule has 2 aliphatic heterocycles. The van der Waals surface area contributed by atoms with Crippen molar-refractivity contribution >= 4 is 23.2 Å². The van der Waals surface area contributed by atoms with Gasteiger partial charge in [0, 0.05) is 31.7 Å². The van der Waals surface area contributed by atoms with Crippen molar-refractivity contribution in [2.75, 3.05) is 32.8 Å². The van der Waals surface area contributed by atoms with Crippen LogP contribution in [0, 0.1) is 6.92 Å². The van der Waals surface area contributed by atoms with Crippen molar-refractivity contribution in [3.05, 3.63) is 65.2 Å². The first kappa shape index (κ1) is 20.5. The highest BCUT2D eigenvalue weighted by Gasteiger charge is 2.34. The highest BCUT2D eigenvalue weighted by Crippen LogP contribution is 2.32. The zero-order valence-corrected chi connectivity index (χ0v) is 18.5. The molecule has 0 saturated carbocycles. The second kappa shape index (κ2) is 8.63. The standard InChI is InChI=1S/C24H23N3O4S/c1-16-21(32-22(25-16)17-7-3-2-4-8-17)24(29)27-13-11-26(12-14-27)23(28)20-15-30-18-9-5-6-10-19(18)31-20/h2-10,20H,11-15H2,1H3/t20-/m0/s1. The van der Waals surface area contributed by atoms with Crippen LogP contribution in [-0.2, 0) is 4.79 Å². The van der Waals surface area contributed by atoms with Gasteiger partial charge >= 0.3 is 0 Å². The van der Waals surface area contributed by atoms with Gasteiger partial charge in [-0.05, 0) is 19.1 Å². The van der Waals surface area contributed by atoms with Crippen LogP contribution in [0.5, 0.6) is 11.5 Å². The lowest BCUT2D eigenvalue weighted by Crippen LogP contribution is -2.55. The minimum absolute atomic E-state index is 0.0274. The maximum Gasteiger partial charge on any atom is 0.267 e. The number of carbonyl (C=O) groups excluding carboxylic acids is 2. The minimum Gasteiger partial charge on any atom is -0.485 e. The van der Waals surface area contributed by atoms with Crippen molar-refractivity contribution in [2.45, 2.75) is 13.0 Å². The normalized spacial score (nSPS) is 17.8. The number of fused-ring (bicyclic) bond motifs is 1. The first-order valence-electron chi connectivity index (χ1n) is 10.6. The van der Waals surface area contributed by atoms with E-state index in [1.807, 2.05) is 55.5 Å². The fraction of sp³-hybridized carbons (Fsp3) is 0.292. The third kappa shape index (κ3) is 3.93. The van der Waals surface area contributed by atoms with Crippen molar-refractivity contribution in [1.29, 1.82) is 0 Å². The van der Waals surface area contributed by atoms with Gasteiger partial charge in [0.1, 0.15) is 16.5 Å². The zero-order chi connectivity index (χ0) is 22.1. The fourth-order valence-electron chi connectivity index (χ4n) is 3.92. The summed E-state index contributed by atoms with van der Waals surface area (Å²) in [4.78, 5) is 34.9. The van der Waals surface area contributed by atoms with E-state index in [1.54, 1.807) is 15.9 Å². The van der Waals surface area contributed by atoms with Crippen LogP contribution < -0.4 is 9.47 Å². The van der Waals surface area contributed by atoms with Crippen LogP contribution in [0.2, 0.25) is 0 Å². The number of ether oxygens (including phenoxy) is 2. The van der Waals surface area contributed by atoms with E-state index in [4.69, 9.17) is 9.47 Å². The van der Waals surface area contributed by atoms with Crippen molar-refractivity contribution in [1.82, 2.24) is 14.8 Å². The Balaban J connectivity index is 1.21. The Labute approximate surface area is 190 Å². The van der Waals surface area contributed by atoms with Gasteiger partial charge in [0.25, 0.3) is 11.8 Å². The molecule has 1 fully saturated rings. The van der Waals surface area contributed by atoms with Gasteiger partial charge in [0.2, 0.25) is 6.10 Å². The molecule has 8 heteroatoms. The number of hydrogen-bond acceptors (Lipinski definition) is 6. The lowest BCUT2D eigenvalue weighted by Gasteiger charge is -2.37. The van der Waals surface area contributed by atoms with Crippen molar-refractivity contribution in [2.24, 2.45) is 0 Å². The summed E-state index contributed by atoms with van der Waals surface area (Å²) in [5, 5.41) is 0.843. The summed E-state index contributed by atoms with van der Waals surface area (Å²) in [5.41, 5.74) is 1.75. The van der Waals surface area contributed by atoms with Gasteiger partial charge in [0.15, 0.2) is 11.5 Å². The van der Waals surface area contributed by atoms with E-state index in [0.29, 0.717) is 42.6 Å². The van der Waals surface area contributed by atoms with E-state index < -0.39 is 6.10 Å². The second-order valence-corrected chi connectivity index (χ2v) is 8.78. The smallest absolute Gasteiger partial charge is 0.267 e. The van der Waals surface area contributed by atoms with Gasteiger partial charge in [-0.25, -0.2) is 4.98 Å². The highest BCUT2D eigenvalue weighted by molar-refractivity contribution is 7.17. The predicted octanol–water partition coefficient (Wildman–Crippen LogP) is 3.24. The molecule has 0 N–H and O–H groups in total. The Morgan fingerprint density at radius 2 is 1.59 bits per heavy atom. The molecule has 2 aromatic carbocycles. The molecule has 3 aromatic rings. The lowest BCUT2D eigenvalue weighted by atomic mass is 10.2. The number of piperazine rings is 1. The van der Waals surface area contributed by atoms with E-state index in [2.05, 4.69) is 4.98 Å². The van der Waals surface area contributed by atoms with Gasteiger partial charge in [-0.3, -0.25) is 9.59 Å². The van der Waals surface area contributed by atoms with E-state index in [1.165, 1.54) is 11.3 Å². The average molecular weight is 450 g/mol. The lowest BCUT2D eigenvalue weighted by molar-refractivity contribution is -0.142. The summed E-state index contributed by atoms with van der Waals surface area (Å²) in [5.74, 6) is 1.11. The first-order chi connectivity index (χ1) is 15.6. The maximum absolute atomic E-state index is 13.1. The first-order valence-corrected chi connectivity index (χ1v) is 11.4. The number of benzene rings is 2.